The van der Waals surface area contributed by atoms with Crippen LogP contribution in [0.1, 0.15) is 273 Å². The number of rotatable bonds is 42. The summed E-state index contributed by atoms with van der Waals surface area (Å²) in [6.07, 6.45) is 49.8. The van der Waals surface area contributed by atoms with Crippen molar-refractivity contribution in [2.75, 3.05) is 0 Å². The molecule has 66 heavy (non-hydrogen) atoms. The molecule has 3 heteroatoms. The Kier molecular flexibility index (Phi) is 41.6. The van der Waals surface area contributed by atoms with Gasteiger partial charge in [0.2, 0.25) is 0 Å². The summed E-state index contributed by atoms with van der Waals surface area (Å²) < 4.78 is 0. The number of hydrogen-bond acceptors (Lipinski definition) is 0. The molecule has 0 N–H and O–H groups in total. The fourth-order valence-electron chi connectivity index (χ4n) is 9.37. The summed E-state index contributed by atoms with van der Waals surface area (Å²) >= 11 is 1.66. The first-order chi connectivity index (χ1) is 32.4. The van der Waals surface area contributed by atoms with E-state index >= 15 is 0 Å². The summed E-state index contributed by atoms with van der Waals surface area (Å²) in [4.78, 5) is 3.61. The van der Waals surface area contributed by atoms with E-state index in [2.05, 4.69) is 102 Å². The third-order valence-corrected chi connectivity index (χ3v) is 14.2. The Morgan fingerprint density at radius 1 is 0.470 bits per heavy atom. The van der Waals surface area contributed by atoms with Crippen molar-refractivity contribution in [3.8, 4) is 0 Å². The fraction of sp³-hybridized carbons (Fsp3) is 0.683. The van der Waals surface area contributed by atoms with Crippen LogP contribution in [-0.4, -0.2) is 10.7 Å². The van der Waals surface area contributed by atoms with Crippen molar-refractivity contribution in [3.63, 3.8) is 0 Å². The van der Waals surface area contributed by atoms with Gasteiger partial charge in [0, 0.05) is 0 Å². The second-order valence-corrected chi connectivity index (χ2v) is 20.8. The molecule has 2 nitrogen and oxygen atoms in total. The Morgan fingerprint density at radius 2 is 0.833 bits per heavy atom. The molecule has 0 aliphatic rings. The van der Waals surface area contributed by atoms with Crippen LogP contribution in [0.3, 0.4) is 0 Å². The van der Waals surface area contributed by atoms with Gasteiger partial charge >= 0.3 is 56.4 Å². The van der Waals surface area contributed by atoms with E-state index < -0.39 is 0 Å². The van der Waals surface area contributed by atoms with E-state index in [1.54, 1.807) is 14.4 Å². The molecule has 0 saturated carbocycles. The summed E-state index contributed by atoms with van der Waals surface area (Å²) in [5, 5.41) is 2.11. The molecule has 0 aliphatic heterocycles. The maximum atomic E-state index is 10.0. The maximum absolute atomic E-state index is 10.0. The van der Waals surface area contributed by atoms with Crippen molar-refractivity contribution in [3.05, 3.63) is 112 Å². The average molecular weight is 948 g/mol. The minimum absolute atomic E-state index is 0.914. The Hall–Kier alpha value is -2.69. The minimum atomic E-state index is 0.914. The van der Waals surface area contributed by atoms with Crippen LogP contribution in [0.2, 0.25) is 10.8 Å². The van der Waals surface area contributed by atoms with Crippen LogP contribution in [0.25, 0.3) is 11.1 Å². The van der Waals surface area contributed by atoms with Gasteiger partial charge in [0.15, 0.2) is 0 Å². The van der Waals surface area contributed by atoms with Crippen LogP contribution in [-0.2, 0) is 27.3 Å². The predicted octanol–water partition coefficient (Wildman–Crippen LogP) is 21.2. The van der Waals surface area contributed by atoms with Gasteiger partial charge in [0.05, 0.1) is 5.57 Å². The number of hydrogen-bond donors (Lipinski definition) is 0. The zero-order valence-electron chi connectivity index (χ0n) is 44.4. The van der Waals surface area contributed by atoms with Gasteiger partial charge < -0.3 is 5.53 Å². The van der Waals surface area contributed by atoms with Crippen molar-refractivity contribution in [2.24, 2.45) is 0 Å². The van der Waals surface area contributed by atoms with Gasteiger partial charge in [-0.15, -0.1) is 4.79 Å². The number of aryl methyl sites for hydroxylation is 4. The minimum Gasteiger partial charge on any atom is -0.348 e. The molecule has 0 fully saturated rings. The number of nitrogens with zero attached hydrogens (tertiary/aromatic N) is 2. The third-order valence-electron chi connectivity index (χ3n) is 13.0. The van der Waals surface area contributed by atoms with Gasteiger partial charge in [-0.05, 0) is 98.6 Å². The van der Waals surface area contributed by atoms with E-state index in [1.807, 2.05) is 12.2 Å². The molecule has 0 spiro atoms. The topological polar surface area (TPSA) is 36.4 Å². The molecule has 0 atom stereocenters. The molecule has 0 unspecified atom stereocenters. The number of unbranched alkanes of at least 4 members (excludes halogenated alkanes) is 27. The SMILES string of the molecule is C=C[CH2][Ni][CH2]C=C.CCCCCCCCCCCCCCCCCCCCCCCC(=C=[N+]=[N-])C(CCCC)=C(c1cc(C)cc(C)c1)c1cc(CCCCCC)cc(CCCCCC)c1. The summed E-state index contributed by atoms with van der Waals surface area (Å²) in [6, 6.07) is 14.6. The third kappa shape index (κ3) is 32.1. The zero-order valence-corrected chi connectivity index (χ0v) is 45.4. The van der Waals surface area contributed by atoms with Gasteiger partial charge in [-0.1, -0.05) is 249 Å². The first-order valence-electron chi connectivity index (χ1n) is 28.0. The van der Waals surface area contributed by atoms with Crippen LogP contribution in [0.5, 0.6) is 0 Å². The molecule has 0 aromatic heterocycles. The zero-order chi connectivity index (χ0) is 48.1. The molecule has 0 aliphatic carbocycles. The Morgan fingerprint density at radius 3 is 1.21 bits per heavy atom. The van der Waals surface area contributed by atoms with Crippen molar-refractivity contribution in [1.29, 1.82) is 0 Å². The molecule has 0 radical (unpaired) electrons. The molecular formula is C63H104N2Ni. The molecule has 2 aromatic rings. The molecule has 2 aromatic carbocycles. The van der Waals surface area contributed by atoms with Crippen molar-refractivity contribution in [1.82, 2.24) is 0 Å². The van der Waals surface area contributed by atoms with E-state index in [4.69, 9.17) is 0 Å². The van der Waals surface area contributed by atoms with E-state index in [1.165, 1.54) is 224 Å². The maximum Gasteiger partial charge on any atom is 0.303 e. The Bertz CT molecular complexity index is 1560. The van der Waals surface area contributed by atoms with Crippen LogP contribution < -0.4 is 0 Å². The average Bonchev–Trinajstić information content (AvgIpc) is 3.31. The monoisotopic (exact) mass is 947 g/mol. The molecule has 376 valence electrons. The Labute approximate surface area is 417 Å². The molecular weight excluding hydrogens is 843 g/mol. The number of allylic oxidation sites excluding steroid dienone is 4. The van der Waals surface area contributed by atoms with Crippen molar-refractivity contribution >= 4 is 11.4 Å². The fourth-order valence-corrected chi connectivity index (χ4v) is 9.94. The van der Waals surface area contributed by atoms with Gasteiger partial charge in [-0.3, -0.25) is 0 Å². The second-order valence-electron chi connectivity index (χ2n) is 19.5. The standard InChI is InChI=1S/C57H94N2.2C3H5.Ni/c1-7-11-15-18-19-20-21-22-23-24-25-26-27-28-29-30-31-32-33-34-37-40-53(48-59-58)56(41-14-10-4)57(54-43-49(5)42-50(6)44-54)55-46-51(38-35-16-12-8-2)45-52(47-55)39-36-17-13-9-3;2*1-3-2;/h42-47H,7-41H2,1-6H3;2*3H,1-2H2;. The number of benzene rings is 2. The van der Waals surface area contributed by atoms with Gasteiger partial charge in [0.25, 0.3) is 0 Å². The largest absolute Gasteiger partial charge is 0.348 e. The van der Waals surface area contributed by atoms with Crippen molar-refractivity contribution in [2.45, 2.75) is 277 Å². The van der Waals surface area contributed by atoms with Crippen LogP contribution >= 0.6 is 0 Å². The summed E-state index contributed by atoms with van der Waals surface area (Å²) in [7, 11) is 0. The molecule has 2 rings (SSSR count). The van der Waals surface area contributed by atoms with Crippen LogP contribution in [0.15, 0.2) is 72.9 Å². The first-order valence-corrected chi connectivity index (χ1v) is 29.4. The Balaban J connectivity index is 0.00000286. The van der Waals surface area contributed by atoms with Crippen LogP contribution in [0, 0.1) is 13.8 Å². The quantitative estimate of drug-likeness (QED) is 0.0121. The van der Waals surface area contributed by atoms with Gasteiger partial charge in [0.1, 0.15) is 0 Å². The van der Waals surface area contributed by atoms with Gasteiger partial charge in [-0.2, -0.15) is 0 Å². The van der Waals surface area contributed by atoms with E-state index in [9.17, 15) is 5.53 Å². The molecule has 0 heterocycles. The normalized spacial score (nSPS) is 11.4. The van der Waals surface area contributed by atoms with E-state index in [-0.39, 0.29) is 0 Å². The first kappa shape index (κ1) is 61.3. The van der Waals surface area contributed by atoms with Crippen molar-refractivity contribution < 1.29 is 19.2 Å². The molecule has 0 amide bonds. The molecule has 0 bridgehead atoms. The predicted molar refractivity (Wildman–Crippen MR) is 293 cm³/mol. The van der Waals surface area contributed by atoms with Gasteiger partial charge in [-0.25, -0.2) is 0 Å². The van der Waals surface area contributed by atoms with E-state index in [0.717, 1.165) is 61.3 Å². The van der Waals surface area contributed by atoms with E-state index in [0.29, 0.717) is 0 Å². The van der Waals surface area contributed by atoms with Crippen LogP contribution in [0.4, 0.5) is 0 Å². The summed E-state index contributed by atoms with van der Waals surface area (Å²) in [6.45, 7) is 20.8. The molecule has 0 saturated heterocycles. The second kappa shape index (κ2) is 44.8. The summed E-state index contributed by atoms with van der Waals surface area (Å²) in [5.74, 6) is 3.17. The summed E-state index contributed by atoms with van der Waals surface area (Å²) in [5.41, 5.74) is 22.0. The smallest absolute Gasteiger partial charge is 0.303 e.